The van der Waals surface area contributed by atoms with Gasteiger partial charge in [0.1, 0.15) is 0 Å². The van der Waals surface area contributed by atoms with Crippen LogP contribution in [0.2, 0.25) is 4.34 Å². The Morgan fingerprint density at radius 1 is 1.39 bits per heavy atom. The third-order valence-electron chi connectivity index (χ3n) is 3.23. The Kier molecular flexibility index (Phi) is 3.41. The second-order valence-electron chi connectivity index (χ2n) is 4.32. The van der Waals surface area contributed by atoms with Crippen molar-refractivity contribution in [2.45, 2.75) is 18.9 Å². The van der Waals surface area contributed by atoms with E-state index in [0.29, 0.717) is 4.34 Å². The highest BCUT2D eigenvalue weighted by Gasteiger charge is 2.31. The molecule has 1 amide bonds. The monoisotopic (exact) mass is 297 g/mol. The summed E-state index contributed by atoms with van der Waals surface area (Å²) in [6, 6.07) is 5.96. The summed E-state index contributed by atoms with van der Waals surface area (Å²) < 4.78 is 0.671. The highest BCUT2D eigenvalue weighted by molar-refractivity contribution is 7.18. The average Bonchev–Trinajstić information content (AvgIpc) is 3.08. The van der Waals surface area contributed by atoms with E-state index in [4.69, 9.17) is 11.6 Å². The van der Waals surface area contributed by atoms with Gasteiger partial charge in [0, 0.05) is 6.54 Å². The lowest BCUT2D eigenvalue weighted by Gasteiger charge is -2.23. The van der Waals surface area contributed by atoms with E-state index in [1.165, 1.54) is 16.9 Å². The standard InChI is InChI=1S/C13H12ClNOS2/c14-12-4-3-11(18-12)13(16)15-6-1-2-10(15)9-5-7-17-8-9/h3-5,7-8,10H,1-2,6H2. The largest absolute Gasteiger partial charge is 0.331 e. The first-order valence-electron chi connectivity index (χ1n) is 5.84. The fourth-order valence-corrected chi connectivity index (χ4v) is 4.10. The van der Waals surface area contributed by atoms with Gasteiger partial charge in [-0.2, -0.15) is 11.3 Å². The van der Waals surface area contributed by atoms with Gasteiger partial charge in [0.2, 0.25) is 0 Å². The molecule has 0 aliphatic carbocycles. The molecule has 1 fully saturated rings. The molecule has 0 aromatic carbocycles. The zero-order chi connectivity index (χ0) is 12.5. The molecular formula is C13H12ClNOS2. The van der Waals surface area contributed by atoms with Crippen LogP contribution < -0.4 is 0 Å². The van der Waals surface area contributed by atoms with Crippen molar-refractivity contribution in [3.63, 3.8) is 0 Å². The Labute approximate surface area is 119 Å². The number of thiophene rings is 2. The molecule has 1 aliphatic rings. The van der Waals surface area contributed by atoms with Gasteiger partial charge in [0.15, 0.2) is 0 Å². The van der Waals surface area contributed by atoms with Crippen molar-refractivity contribution < 1.29 is 4.79 Å². The van der Waals surface area contributed by atoms with E-state index in [0.717, 1.165) is 24.3 Å². The van der Waals surface area contributed by atoms with E-state index in [1.807, 2.05) is 11.0 Å². The molecule has 5 heteroatoms. The molecule has 2 aromatic rings. The quantitative estimate of drug-likeness (QED) is 0.802. The predicted molar refractivity (Wildman–Crippen MR) is 76.7 cm³/mol. The summed E-state index contributed by atoms with van der Waals surface area (Å²) in [5.41, 5.74) is 1.26. The molecule has 3 rings (SSSR count). The molecule has 3 heterocycles. The number of halogens is 1. The maximum absolute atomic E-state index is 12.4. The van der Waals surface area contributed by atoms with Crippen molar-refractivity contribution in [1.82, 2.24) is 4.90 Å². The van der Waals surface area contributed by atoms with Crippen LogP contribution in [0.3, 0.4) is 0 Å². The van der Waals surface area contributed by atoms with Gasteiger partial charge < -0.3 is 4.90 Å². The molecule has 2 aromatic heterocycles. The minimum absolute atomic E-state index is 0.112. The van der Waals surface area contributed by atoms with Crippen LogP contribution in [-0.2, 0) is 0 Å². The highest BCUT2D eigenvalue weighted by Crippen LogP contribution is 2.35. The third-order valence-corrected chi connectivity index (χ3v) is 5.15. The van der Waals surface area contributed by atoms with Gasteiger partial charge in [-0.3, -0.25) is 4.79 Å². The number of carbonyl (C=O) groups excluding carboxylic acids is 1. The zero-order valence-electron chi connectivity index (χ0n) is 9.64. The first-order chi connectivity index (χ1) is 8.75. The zero-order valence-corrected chi connectivity index (χ0v) is 12.0. The molecule has 1 aliphatic heterocycles. The van der Waals surface area contributed by atoms with Crippen molar-refractivity contribution in [2.24, 2.45) is 0 Å². The number of hydrogen-bond donors (Lipinski definition) is 0. The Morgan fingerprint density at radius 2 is 2.28 bits per heavy atom. The second kappa shape index (κ2) is 5.03. The number of nitrogens with zero attached hydrogens (tertiary/aromatic N) is 1. The van der Waals surface area contributed by atoms with Crippen LogP contribution in [0.1, 0.15) is 34.1 Å². The molecule has 0 N–H and O–H groups in total. The van der Waals surface area contributed by atoms with E-state index in [9.17, 15) is 4.79 Å². The summed E-state index contributed by atoms with van der Waals surface area (Å²) in [4.78, 5) is 15.2. The SMILES string of the molecule is O=C(c1ccc(Cl)s1)N1CCCC1c1ccsc1. The second-order valence-corrected chi connectivity index (χ2v) is 6.81. The van der Waals surface area contributed by atoms with Crippen LogP contribution in [0, 0.1) is 0 Å². The van der Waals surface area contributed by atoms with Crippen molar-refractivity contribution in [2.75, 3.05) is 6.54 Å². The molecule has 0 saturated carbocycles. The topological polar surface area (TPSA) is 20.3 Å². The van der Waals surface area contributed by atoms with Crippen molar-refractivity contribution in [1.29, 1.82) is 0 Å². The van der Waals surface area contributed by atoms with Crippen LogP contribution in [0.25, 0.3) is 0 Å². The summed E-state index contributed by atoms with van der Waals surface area (Å²) in [5.74, 6) is 0.112. The molecule has 1 atom stereocenters. The summed E-state index contributed by atoms with van der Waals surface area (Å²) >= 11 is 8.94. The molecule has 18 heavy (non-hydrogen) atoms. The highest BCUT2D eigenvalue weighted by atomic mass is 35.5. The molecule has 0 bridgehead atoms. The maximum Gasteiger partial charge on any atom is 0.264 e. The molecule has 1 saturated heterocycles. The van der Waals surface area contributed by atoms with Crippen molar-refractivity contribution >= 4 is 40.2 Å². The number of likely N-dealkylation sites (tertiary alicyclic amines) is 1. The maximum atomic E-state index is 12.4. The Balaban J connectivity index is 1.85. The number of rotatable bonds is 2. The molecule has 94 valence electrons. The van der Waals surface area contributed by atoms with E-state index >= 15 is 0 Å². The van der Waals surface area contributed by atoms with Gasteiger partial charge in [0.25, 0.3) is 5.91 Å². The van der Waals surface area contributed by atoms with Crippen molar-refractivity contribution in [3.05, 3.63) is 43.7 Å². The Bertz CT molecular complexity index is 549. The Morgan fingerprint density at radius 3 is 2.94 bits per heavy atom. The van der Waals surface area contributed by atoms with E-state index < -0.39 is 0 Å². The molecule has 1 unspecified atom stereocenters. The fraction of sp³-hybridized carbons (Fsp3) is 0.308. The van der Waals surface area contributed by atoms with E-state index in [1.54, 1.807) is 17.4 Å². The summed E-state index contributed by atoms with van der Waals surface area (Å²) in [7, 11) is 0. The van der Waals surface area contributed by atoms with Gasteiger partial charge in [0.05, 0.1) is 15.3 Å². The van der Waals surface area contributed by atoms with Gasteiger partial charge in [-0.1, -0.05) is 11.6 Å². The van der Waals surface area contributed by atoms with Crippen LogP contribution in [0.5, 0.6) is 0 Å². The lowest BCUT2D eigenvalue weighted by Crippen LogP contribution is -2.29. The minimum Gasteiger partial charge on any atom is -0.331 e. The normalized spacial score (nSPS) is 19.4. The molecule has 0 radical (unpaired) electrons. The summed E-state index contributed by atoms with van der Waals surface area (Å²) in [6.07, 6.45) is 2.13. The lowest BCUT2D eigenvalue weighted by atomic mass is 10.1. The van der Waals surface area contributed by atoms with Crippen LogP contribution >= 0.6 is 34.3 Å². The number of hydrogen-bond acceptors (Lipinski definition) is 3. The molecule has 0 spiro atoms. The first-order valence-corrected chi connectivity index (χ1v) is 7.98. The van der Waals surface area contributed by atoms with Gasteiger partial charge in [-0.25, -0.2) is 0 Å². The van der Waals surface area contributed by atoms with E-state index in [-0.39, 0.29) is 11.9 Å². The summed E-state index contributed by atoms with van der Waals surface area (Å²) in [6.45, 7) is 0.842. The summed E-state index contributed by atoms with van der Waals surface area (Å²) in [5, 5.41) is 4.20. The smallest absolute Gasteiger partial charge is 0.264 e. The minimum atomic E-state index is 0.112. The van der Waals surface area contributed by atoms with Crippen LogP contribution in [-0.4, -0.2) is 17.4 Å². The molecular weight excluding hydrogens is 286 g/mol. The van der Waals surface area contributed by atoms with Gasteiger partial charge >= 0.3 is 0 Å². The van der Waals surface area contributed by atoms with Gasteiger partial charge in [-0.15, -0.1) is 11.3 Å². The first kappa shape index (κ1) is 12.2. The number of amides is 1. The lowest BCUT2D eigenvalue weighted by molar-refractivity contribution is 0.0741. The third kappa shape index (κ3) is 2.20. The number of carbonyl (C=O) groups is 1. The van der Waals surface area contributed by atoms with Crippen molar-refractivity contribution in [3.8, 4) is 0 Å². The molecule has 2 nitrogen and oxygen atoms in total. The van der Waals surface area contributed by atoms with Crippen LogP contribution in [0.4, 0.5) is 0 Å². The predicted octanol–water partition coefficient (Wildman–Crippen LogP) is 4.44. The Hall–Kier alpha value is -0.840. The average molecular weight is 298 g/mol. The van der Waals surface area contributed by atoms with Gasteiger partial charge in [-0.05, 0) is 47.4 Å². The fourth-order valence-electron chi connectivity index (χ4n) is 2.39. The van der Waals surface area contributed by atoms with Crippen LogP contribution in [0.15, 0.2) is 29.0 Å². The van der Waals surface area contributed by atoms with E-state index in [2.05, 4.69) is 16.8 Å².